The highest BCUT2D eigenvalue weighted by Gasteiger charge is 2.33. The number of imidazole rings is 1. The molecular weight excluding hydrogens is 278 g/mol. The summed E-state index contributed by atoms with van der Waals surface area (Å²) >= 11 is 0. The van der Waals surface area contributed by atoms with Crippen LogP contribution in [-0.4, -0.2) is 26.4 Å². The molecular formula is C17H23N3O2. The first-order valence-corrected chi connectivity index (χ1v) is 8.05. The molecule has 1 saturated carbocycles. The van der Waals surface area contributed by atoms with Crippen LogP contribution in [0.1, 0.15) is 50.5 Å². The summed E-state index contributed by atoms with van der Waals surface area (Å²) in [6.45, 7) is 6.64. The van der Waals surface area contributed by atoms with Crippen molar-refractivity contribution < 1.29 is 9.53 Å². The number of carbonyl (C=O) groups is 1. The Balaban J connectivity index is 1.76. The molecule has 0 bridgehead atoms. The van der Waals surface area contributed by atoms with Crippen molar-refractivity contribution in [3.05, 3.63) is 30.4 Å². The van der Waals surface area contributed by atoms with Crippen LogP contribution in [0.4, 0.5) is 0 Å². The SMILES string of the molecule is CC(C)[C@@H]1CC[C@@H](C)C[C@H]1OC(=O)c1ccn2ccnc2n1. The van der Waals surface area contributed by atoms with Gasteiger partial charge in [0.15, 0.2) is 5.69 Å². The molecule has 2 aromatic heterocycles. The first-order valence-electron chi connectivity index (χ1n) is 8.05. The predicted octanol–water partition coefficient (Wildman–Crippen LogP) is 3.35. The minimum absolute atomic E-state index is 0.00554. The monoisotopic (exact) mass is 301 g/mol. The Morgan fingerprint density at radius 2 is 2.18 bits per heavy atom. The number of nitrogens with zero attached hydrogens (tertiary/aromatic N) is 3. The second-order valence-electron chi connectivity index (χ2n) is 6.72. The van der Waals surface area contributed by atoms with Crippen LogP contribution in [0, 0.1) is 17.8 Å². The lowest BCUT2D eigenvalue weighted by Crippen LogP contribution is -2.36. The van der Waals surface area contributed by atoms with Gasteiger partial charge in [0.1, 0.15) is 6.10 Å². The van der Waals surface area contributed by atoms with Gasteiger partial charge in [-0.1, -0.05) is 27.2 Å². The molecule has 0 amide bonds. The van der Waals surface area contributed by atoms with E-state index in [-0.39, 0.29) is 12.1 Å². The molecule has 3 rings (SSSR count). The van der Waals surface area contributed by atoms with Crippen molar-refractivity contribution >= 4 is 11.7 Å². The van der Waals surface area contributed by atoms with Gasteiger partial charge in [-0.2, -0.15) is 0 Å². The second-order valence-corrected chi connectivity index (χ2v) is 6.72. The highest BCUT2D eigenvalue weighted by atomic mass is 16.5. The third-order valence-corrected chi connectivity index (χ3v) is 4.69. The average molecular weight is 301 g/mol. The maximum Gasteiger partial charge on any atom is 0.357 e. The molecule has 0 saturated heterocycles. The fourth-order valence-electron chi connectivity index (χ4n) is 3.37. The zero-order chi connectivity index (χ0) is 15.7. The van der Waals surface area contributed by atoms with Crippen LogP contribution in [0.15, 0.2) is 24.7 Å². The lowest BCUT2D eigenvalue weighted by Gasteiger charge is -2.36. The number of hydrogen-bond acceptors (Lipinski definition) is 4. The molecule has 0 N–H and O–H groups in total. The molecule has 2 heterocycles. The highest BCUT2D eigenvalue weighted by Crippen LogP contribution is 2.35. The number of fused-ring (bicyclic) bond motifs is 1. The van der Waals surface area contributed by atoms with E-state index in [0.717, 1.165) is 12.8 Å². The van der Waals surface area contributed by atoms with Crippen LogP contribution in [0.25, 0.3) is 5.78 Å². The lowest BCUT2D eigenvalue weighted by molar-refractivity contribution is -0.0179. The van der Waals surface area contributed by atoms with E-state index in [2.05, 4.69) is 30.7 Å². The topological polar surface area (TPSA) is 56.5 Å². The molecule has 2 aromatic rings. The van der Waals surface area contributed by atoms with Crippen molar-refractivity contribution in [2.45, 2.75) is 46.1 Å². The van der Waals surface area contributed by atoms with Gasteiger partial charge in [0.25, 0.3) is 0 Å². The van der Waals surface area contributed by atoms with E-state index in [1.54, 1.807) is 29.1 Å². The summed E-state index contributed by atoms with van der Waals surface area (Å²) in [7, 11) is 0. The first-order chi connectivity index (χ1) is 10.5. The number of hydrogen-bond donors (Lipinski definition) is 0. The fourth-order valence-corrected chi connectivity index (χ4v) is 3.37. The Hall–Kier alpha value is -1.91. The molecule has 5 nitrogen and oxygen atoms in total. The largest absolute Gasteiger partial charge is 0.457 e. The third kappa shape index (κ3) is 2.98. The molecule has 0 aliphatic heterocycles. The molecule has 1 aliphatic rings. The first kappa shape index (κ1) is 15.0. The van der Waals surface area contributed by atoms with E-state index in [9.17, 15) is 4.79 Å². The van der Waals surface area contributed by atoms with Crippen LogP contribution in [0.5, 0.6) is 0 Å². The van der Waals surface area contributed by atoms with Crippen molar-refractivity contribution in [3.8, 4) is 0 Å². The lowest BCUT2D eigenvalue weighted by atomic mass is 9.75. The number of rotatable bonds is 3. The van der Waals surface area contributed by atoms with Crippen LogP contribution >= 0.6 is 0 Å². The Bertz CT molecular complexity index is 665. The molecule has 0 radical (unpaired) electrons. The highest BCUT2D eigenvalue weighted by molar-refractivity contribution is 5.87. The van der Waals surface area contributed by atoms with E-state index >= 15 is 0 Å². The summed E-state index contributed by atoms with van der Waals surface area (Å²) in [5.74, 6) is 1.75. The van der Waals surface area contributed by atoms with Gasteiger partial charge in [0.2, 0.25) is 5.78 Å². The van der Waals surface area contributed by atoms with E-state index in [0.29, 0.717) is 29.2 Å². The molecule has 118 valence electrons. The summed E-state index contributed by atoms with van der Waals surface area (Å²) in [6, 6.07) is 1.69. The van der Waals surface area contributed by atoms with Gasteiger partial charge in [-0.05, 0) is 36.7 Å². The van der Waals surface area contributed by atoms with Crippen molar-refractivity contribution in [2.24, 2.45) is 17.8 Å². The smallest absolute Gasteiger partial charge is 0.357 e. The van der Waals surface area contributed by atoms with E-state index in [4.69, 9.17) is 4.74 Å². The summed E-state index contributed by atoms with van der Waals surface area (Å²) in [4.78, 5) is 20.8. The summed E-state index contributed by atoms with van der Waals surface area (Å²) < 4.78 is 7.58. The minimum atomic E-state index is -0.338. The van der Waals surface area contributed by atoms with Gasteiger partial charge in [-0.15, -0.1) is 0 Å². The molecule has 1 fully saturated rings. The molecule has 0 aromatic carbocycles. The molecule has 5 heteroatoms. The maximum atomic E-state index is 12.4. The van der Waals surface area contributed by atoms with E-state index in [1.807, 2.05) is 0 Å². The van der Waals surface area contributed by atoms with E-state index in [1.165, 1.54) is 6.42 Å². The normalized spacial score (nSPS) is 25.5. The summed E-state index contributed by atoms with van der Waals surface area (Å²) in [5, 5.41) is 0. The zero-order valence-electron chi connectivity index (χ0n) is 13.4. The number of ether oxygens (including phenoxy) is 1. The van der Waals surface area contributed by atoms with Gasteiger partial charge >= 0.3 is 5.97 Å². The van der Waals surface area contributed by atoms with Crippen LogP contribution in [-0.2, 0) is 4.74 Å². The molecule has 22 heavy (non-hydrogen) atoms. The van der Waals surface area contributed by atoms with Crippen molar-refractivity contribution in [1.82, 2.24) is 14.4 Å². The quantitative estimate of drug-likeness (QED) is 0.816. The van der Waals surface area contributed by atoms with Crippen LogP contribution in [0.3, 0.4) is 0 Å². The molecule has 0 unspecified atom stereocenters. The maximum absolute atomic E-state index is 12.4. The molecule has 0 spiro atoms. The Labute approximate surface area is 130 Å². The number of aromatic nitrogens is 3. The van der Waals surface area contributed by atoms with Gasteiger partial charge in [0, 0.05) is 18.6 Å². The minimum Gasteiger partial charge on any atom is -0.457 e. The van der Waals surface area contributed by atoms with Crippen molar-refractivity contribution in [1.29, 1.82) is 0 Å². The van der Waals surface area contributed by atoms with Crippen molar-refractivity contribution in [3.63, 3.8) is 0 Å². The second kappa shape index (κ2) is 6.07. The van der Waals surface area contributed by atoms with Gasteiger partial charge < -0.3 is 4.74 Å². The molecule has 3 atom stereocenters. The van der Waals surface area contributed by atoms with Crippen LogP contribution in [0.2, 0.25) is 0 Å². The average Bonchev–Trinajstić information content (AvgIpc) is 2.94. The summed E-state index contributed by atoms with van der Waals surface area (Å²) in [6.07, 6.45) is 8.53. The standard InChI is InChI=1S/C17H23N3O2/c1-11(2)13-5-4-12(3)10-15(13)22-16(21)14-6-8-20-9-7-18-17(20)19-14/h6-9,11-13,15H,4-5,10H2,1-3H3/t12-,13+,15-/m1/s1. The fraction of sp³-hybridized carbons (Fsp3) is 0.588. The van der Waals surface area contributed by atoms with Gasteiger partial charge in [0.05, 0.1) is 0 Å². The number of esters is 1. The molecule has 1 aliphatic carbocycles. The predicted molar refractivity (Wildman–Crippen MR) is 83.5 cm³/mol. The zero-order valence-corrected chi connectivity index (χ0v) is 13.4. The Morgan fingerprint density at radius 3 is 2.95 bits per heavy atom. The third-order valence-electron chi connectivity index (χ3n) is 4.69. The summed E-state index contributed by atoms with van der Waals surface area (Å²) in [5.41, 5.74) is 0.333. The number of carbonyl (C=O) groups excluding carboxylic acids is 1. The van der Waals surface area contributed by atoms with Crippen molar-refractivity contribution in [2.75, 3.05) is 0 Å². The van der Waals surface area contributed by atoms with E-state index < -0.39 is 0 Å². The van der Waals surface area contributed by atoms with Gasteiger partial charge in [-0.25, -0.2) is 14.8 Å². The Morgan fingerprint density at radius 1 is 1.36 bits per heavy atom. The van der Waals surface area contributed by atoms with Gasteiger partial charge in [-0.3, -0.25) is 4.40 Å². The Kier molecular flexibility index (Phi) is 4.14. The van der Waals surface area contributed by atoms with Crippen LogP contribution < -0.4 is 0 Å².